The molecule has 0 spiro atoms. The van der Waals surface area contributed by atoms with Crippen molar-refractivity contribution in [2.45, 2.75) is 33.6 Å². The van der Waals surface area contributed by atoms with Crippen LogP contribution in [-0.4, -0.2) is 32.3 Å². The molecule has 2 N–H and O–H groups in total. The van der Waals surface area contributed by atoms with Crippen molar-refractivity contribution >= 4 is 17.4 Å². The monoisotopic (exact) mass is 369 g/mol. The third kappa shape index (κ3) is 6.51. The molecule has 0 aromatic heterocycles. The van der Waals surface area contributed by atoms with Crippen molar-refractivity contribution in [3.63, 3.8) is 0 Å². The minimum absolute atomic E-state index is 0.231. The quantitative estimate of drug-likeness (QED) is 0.621. The number of hydrogen-bond acceptors (Lipinski definition) is 3. The van der Waals surface area contributed by atoms with Gasteiger partial charge in [0.05, 0.1) is 6.54 Å². The zero-order chi connectivity index (χ0) is 19.6. The molecule has 0 aliphatic carbocycles. The molecule has 0 saturated heterocycles. The predicted molar refractivity (Wildman–Crippen MR) is 113 cm³/mol. The maximum absolute atomic E-state index is 12.0. The summed E-state index contributed by atoms with van der Waals surface area (Å²) in [7, 11) is 0. The molecule has 0 bridgehead atoms. The van der Waals surface area contributed by atoms with Crippen LogP contribution in [0.3, 0.4) is 0 Å². The average molecular weight is 370 g/mol. The Labute approximate surface area is 162 Å². The fraction of sp³-hybridized carbons (Fsp3) is 0.409. The van der Waals surface area contributed by atoms with Gasteiger partial charge in [-0.15, -0.1) is 0 Å². The third-order valence-electron chi connectivity index (χ3n) is 4.43. The van der Waals surface area contributed by atoms with E-state index in [-0.39, 0.29) is 6.03 Å². The van der Waals surface area contributed by atoms with Gasteiger partial charge in [-0.05, 0) is 61.7 Å². The molecule has 0 aliphatic heterocycles. The third-order valence-corrected chi connectivity index (χ3v) is 4.43. The topological polar surface area (TPSA) is 53.6 Å². The van der Waals surface area contributed by atoms with Crippen LogP contribution in [-0.2, 0) is 0 Å². The molecule has 0 aliphatic rings. The molecule has 5 nitrogen and oxygen atoms in total. The first-order valence-electron chi connectivity index (χ1n) is 9.66. The van der Waals surface area contributed by atoms with Gasteiger partial charge in [0.1, 0.15) is 12.4 Å². The number of urea groups is 1. The highest BCUT2D eigenvalue weighted by molar-refractivity contribution is 5.89. The maximum atomic E-state index is 12.0. The second-order valence-electron chi connectivity index (χ2n) is 6.68. The van der Waals surface area contributed by atoms with Crippen LogP contribution in [0.1, 0.15) is 39.2 Å². The molecule has 0 radical (unpaired) electrons. The lowest BCUT2D eigenvalue weighted by atomic mass is 10.0. The Bertz CT molecular complexity index is 710. The SMILES string of the molecule is CCN(CC)c1ccc(NC(=O)NCCOc2cccc(C(C)C)c2)cc1. The minimum atomic E-state index is -0.231. The van der Waals surface area contributed by atoms with E-state index in [4.69, 9.17) is 4.74 Å². The summed E-state index contributed by atoms with van der Waals surface area (Å²) in [5.74, 6) is 1.29. The molecule has 2 aromatic rings. The van der Waals surface area contributed by atoms with Crippen molar-refractivity contribution in [3.05, 3.63) is 54.1 Å². The molecular weight excluding hydrogens is 338 g/mol. The van der Waals surface area contributed by atoms with E-state index < -0.39 is 0 Å². The molecule has 2 rings (SSSR count). The lowest BCUT2D eigenvalue weighted by Gasteiger charge is -2.21. The predicted octanol–water partition coefficient (Wildman–Crippen LogP) is 4.86. The highest BCUT2D eigenvalue weighted by Crippen LogP contribution is 2.20. The van der Waals surface area contributed by atoms with Crippen LogP contribution in [0.15, 0.2) is 48.5 Å². The lowest BCUT2D eigenvalue weighted by Crippen LogP contribution is -2.32. The first-order chi connectivity index (χ1) is 13.0. The molecule has 2 aromatic carbocycles. The van der Waals surface area contributed by atoms with Gasteiger partial charge >= 0.3 is 6.03 Å². The molecule has 2 amide bonds. The fourth-order valence-electron chi connectivity index (χ4n) is 2.82. The van der Waals surface area contributed by atoms with Crippen LogP contribution in [0.5, 0.6) is 5.75 Å². The Kier molecular flexibility index (Phi) is 7.99. The van der Waals surface area contributed by atoms with Gasteiger partial charge in [0.25, 0.3) is 0 Å². The van der Waals surface area contributed by atoms with Crippen LogP contribution < -0.4 is 20.3 Å². The average Bonchev–Trinajstić information content (AvgIpc) is 2.68. The van der Waals surface area contributed by atoms with Crippen LogP contribution in [0.4, 0.5) is 16.2 Å². The van der Waals surface area contributed by atoms with Crippen molar-refractivity contribution in [1.82, 2.24) is 5.32 Å². The molecular formula is C22H31N3O2. The van der Waals surface area contributed by atoms with Crippen molar-refractivity contribution in [3.8, 4) is 5.75 Å². The number of rotatable bonds is 9. The first kappa shape index (κ1) is 20.6. The number of nitrogens with one attached hydrogen (secondary N) is 2. The van der Waals surface area contributed by atoms with Crippen LogP contribution >= 0.6 is 0 Å². The smallest absolute Gasteiger partial charge is 0.319 e. The molecule has 5 heteroatoms. The number of benzene rings is 2. The van der Waals surface area contributed by atoms with Crippen molar-refractivity contribution in [2.24, 2.45) is 0 Å². The summed E-state index contributed by atoms with van der Waals surface area (Å²) < 4.78 is 5.72. The summed E-state index contributed by atoms with van der Waals surface area (Å²) in [5.41, 5.74) is 3.17. The van der Waals surface area contributed by atoms with Crippen molar-refractivity contribution < 1.29 is 9.53 Å². The van der Waals surface area contributed by atoms with E-state index in [1.807, 2.05) is 42.5 Å². The Morgan fingerprint density at radius 2 is 1.78 bits per heavy atom. The molecule has 0 saturated carbocycles. The standard InChI is InChI=1S/C22H31N3O2/c1-5-25(6-2)20-12-10-19(11-13-20)24-22(26)23-14-15-27-21-9-7-8-18(16-21)17(3)4/h7-13,16-17H,5-6,14-15H2,1-4H3,(H2,23,24,26). The molecule has 146 valence electrons. The summed E-state index contributed by atoms with van der Waals surface area (Å²) in [6.45, 7) is 11.4. The Morgan fingerprint density at radius 3 is 2.41 bits per heavy atom. The second-order valence-corrected chi connectivity index (χ2v) is 6.68. The van der Waals surface area contributed by atoms with Gasteiger partial charge in [-0.3, -0.25) is 0 Å². The number of ether oxygens (including phenoxy) is 1. The minimum Gasteiger partial charge on any atom is -0.492 e. The fourth-order valence-corrected chi connectivity index (χ4v) is 2.82. The molecule has 0 atom stereocenters. The van der Waals surface area contributed by atoms with Crippen molar-refractivity contribution in [1.29, 1.82) is 0 Å². The summed E-state index contributed by atoms with van der Waals surface area (Å²) in [4.78, 5) is 14.3. The highest BCUT2D eigenvalue weighted by atomic mass is 16.5. The van der Waals surface area contributed by atoms with Gasteiger partial charge in [-0.2, -0.15) is 0 Å². The normalized spacial score (nSPS) is 10.6. The van der Waals surface area contributed by atoms with Gasteiger partial charge in [0.15, 0.2) is 0 Å². The van der Waals surface area contributed by atoms with Crippen molar-refractivity contribution in [2.75, 3.05) is 36.5 Å². The van der Waals surface area contributed by atoms with E-state index in [2.05, 4.69) is 49.3 Å². The van der Waals surface area contributed by atoms with E-state index >= 15 is 0 Å². The van der Waals surface area contributed by atoms with Gasteiger partial charge in [-0.1, -0.05) is 26.0 Å². The molecule has 0 heterocycles. The Balaban J connectivity index is 1.74. The summed E-state index contributed by atoms with van der Waals surface area (Å²) in [6.07, 6.45) is 0. The second kappa shape index (κ2) is 10.5. The van der Waals surface area contributed by atoms with Gasteiger partial charge in [0, 0.05) is 24.5 Å². The summed E-state index contributed by atoms with van der Waals surface area (Å²) in [5, 5.41) is 5.66. The number of amides is 2. The first-order valence-corrected chi connectivity index (χ1v) is 9.66. The number of anilines is 2. The van der Waals surface area contributed by atoms with E-state index in [0.29, 0.717) is 19.1 Å². The number of carbonyl (C=O) groups excluding carboxylic acids is 1. The van der Waals surface area contributed by atoms with Gasteiger partial charge in [-0.25, -0.2) is 4.79 Å². The summed E-state index contributed by atoms with van der Waals surface area (Å²) >= 11 is 0. The lowest BCUT2D eigenvalue weighted by molar-refractivity contribution is 0.247. The molecule has 27 heavy (non-hydrogen) atoms. The zero-order valence-electron chi connectivity index (χ0n) is 16.8. The van der Waals surface area contributed by atoms with E-state index in [1.165, 1.54) is 5.56 Å². The van der Waals surface area contributed by atoms with Crippen LogP contribution in [0.25, 0.3) is 0 Å². The Hall–Kier alpha value is -2.69. The Morgan fingerprint density at radius 1 is 1.07 bits per heavy atom. The van der Waals surface area contributed by atoms with Gasteiger partial charge in [0.2, 0.25) is 0 Å². The van der Waals surface area contributed by atoms with E-state index in [1.54, 1.807) is 0 Å². The molecule has 0 unspecified atom stereocenters. The zero-order valence-corrected chi connectivity index (χ0v) is 16.8. The molecule has 0 fully saturated rings. The van der Waals surface area contributed by atoms with Crippen LogP contribution in [0.2, 0.25) is 0 Å². The highest BCUT2D eigenvalue weighted by Gasteiger charge is 2.05. The maximum Gasteiger partial charge on any atom is 0.319 e. The van der Waals surface area contributed by atoms with E-state index in [9.17, 15) is 4.79 Å². The van der Waals surface area contributed by atoms with E-state index in [0.717, 1.165) is 30.2 Å². The number of hydrogen-bond donors (Lipinski definition) is 2. The van der Waals surface area contributed by atoms with Crippen LogP contribution in [0, 0.1) is 0 Å². The number of nitrogens with zero attached hydrogens (tertiary/aromatic N) is 1. The summed E-state index contributed by atoms with van der Waals surface area (Å²) in [6, 6.07) is 15.7. The number of carbonyl (C=O) groups is 1. The van der Waals surface area contributed by atoms with Gasteiger partial charge < -0.3 is 20.3 Å². The largest absolute Gasteiger partial charge is 0.492 e.